The second-order valence-corrected chi connectivity index (χ2v) is 4.47. The number of carbonyl (C=O) groups is 1. The molecule has 0 saturated heterocycles. The summed E-state index contributed by atoms with van der Waals surface area (Å²) in [4.78, 5) is 11.5. The maximum atomic E-state index is 13.3. The summed E-state index contributed by atoms with van der Waals surface area (Å²) >= 11 is 0. The molecule has 0 heterocycles. The van der Waals surface area contributed by atoms with Crippen molar-refractivity contribution in [2.24, 2.45) is 0 Å². The first-order chi connectivity index (χ1) is 11.3. The molecule has 0 unspecified atom stereocenters. The van der Waals surface area contributed by atoms with Crippen LogP contribution in [0.2, 0.25) is 0 Å². The van der Waals surface area contributed by atoms with Crippen molar-refractivity contribution in [1.29, 1.82) is 0 Å². The highest BCUT2D eigenvalue weighted by Crippen LogP contribution is 2.29. The van der Waals surface area contributed by atoms with Crippen molar-refractivity contribution in [3.05, 3.63) is 53.4 Å². The summed E-state index contributed by atoms with van der Waals surface area (Å²) in [6.45, 7) is -0.279. The highest BCUT2D eigenvalue weighted by atomic mass is 19.2. The maximum absolute atomic E-state index is 13.3. The summed E-state index contributed by atoms with van der Waals surface area (Å²) in [7, 11) is 0. The Morgan fingerprint density at radius 3 is 1.92 bits per heavy atom. The Bertz CT molecular complexity index is 732. The van der Waals surface area contributed by atoms with Crippen molar-refractivity contribution in [1.82, 2.24) is 0 Å². The summed E-state index contributed by atoms with van der Waals surface area (Å²) in [6.07, 6.45) is -0.514. The number of hydrogen-bond donors (Lipinski definition) is 1. The molecule has 24 heavy (non-hydrogen) atoms. The second-order valence-electron chi connectivity index (χ2n) is 4.47. The lowest BCUT2D eigenvalue weighted by Gasteiger charge is -2.09. The van der Waals surface area contributed by atoms with Crippen molar-refractivity contribution in [3.8, 4) is 17.2 Å². The Hall–Kier alpha value is -2.84. The van der Waals surface area contributed by atoms with Gasteiger partial charge in [-0.2, -0.15) is 8.78 Å². The minimum atomic E-state index is -2.35. The summed E-state index contributed by atoms with van der Waals surface area (Å²) in [5.41, 5.74) is 0. The molecule has 0 fully saturated rings. The zero-order valence-electron chi connectivity index (χ0n) is 11.8. The van der Waals surface area contributed by atoms with Crippen LogP contribution in [-0.4, -0.2) is 17.7 Å². The van der Waals surface area contributed by atoms with Gasteiger partial charge in [-0.1, -0.05) is 0 Å². The predicted octanol–water partition coefficient (Wildman–Crippen LogP) is 3.46. The van der Waals surface area contributed by atoms with Gasteiger partial charge in [0.05, 0.1) is 13.0 Å². The fourth-order valence-electron chi connectivity index (χ4n) is 1.63. The fraction of sp³-hybridized carbons (Fsp3) is 0.133. The molecule has 2 aromatic carbocycles. The number of phenolic OH excluding ortho intramolecular Hbond substituents is 1. The lowest BCUT2D eigenvalue weighted by molar-refractivity contribution is -0.135. The molecule has 0 amide bonds. The summed E-state index contributed by atoms with van der Waals surface area (Å²) in [6, 6.07) is 5.43. The van der Waals surface area contributed by atoms with Gasteiger partial charge in [-0.3, -0.25) is 4.79 Å². The highest BCUT2D eigenvalue weighted by Gasteiger charge is 2.28. The molecule has 0 aromatic heterocycles. The Labute approximate surface area is 132 Å². The number of ether oxygens (including phenoxy) is 2. The van der Waals surface area contributed by atoms with E-state index >= 15 is 0 Å². The normalized spacial score (nSPS) is 10.5. The molecule has 2 aromatic rings. The quantitative estimate of drug-likeness (QED) is 0.296. The number of aromatic hydroxyl groups is 1. The van der Waals surface area contributed by atoms with Crippen LogP contribution in [0.4, 0.5) is 22.0 Å². The van der Waals surface area contributed by atoms with Crippen LogP contribution in [0.25, 0.3) is 0 Å². The first kappa shape index (κ1) is 17.5. The largest absolute Gasteiger partial charge is 0.508 e. The molecular formula is C15H9F5O4. The summed E-state index contributed by atoms with van der Waals surface area (Å²) in [5, 5.41) is 9.06. The standard InChI is InChI=1S/C15H9F5O4/c16-10-11(17)13(19)15(14(20)12(10)18)24-9(22)5-6-23-8-3-1-7(21)2-4-8/h1-4,21H,5-6H2. The van der Waals surface area contributed by atoms with E-state index in [2.05, 4.69) is 4.74 Å². The van der Waals surface area contributed by atoms with E-state index in [0.717, 1.165) is 0 Å². The van der Waals surface area contributed by atoms with E-state index in [1.807, 2.05) is 0 Å². The van der Waals surface area contributed by atoms with Crippen LogP contribution < -0.4 is 9.47 Å². The van der Waals surface area contributed by atoms with Crippen LogP contribution in [-0.2, 0) is 4.79 Å². The van der Waals surface area contributed by atoms with Crippen molar-refractivity contribution in [3.63, 3.8) is 0 Å². The van der Waals surface area contributed by atoms with E-state index in [4.69, 9.17) is 9.84 Å². The Balaban J connectivity index is 1.99. The molecule has 0 aliphatic rings. The first-order valence-electron chi connectivity index (χ1n) is 6.45. The fourth-order valence-corrected chi connectivity index (χ4v) is 1.63. The second kappa shape index (κ2) is 7.16. The number of hydrogen-bond acceptors (Lipinski definition) is 4. The molecule has 4 nitrogen and oxygen atoms in total. The van der Waals surface area contributed by atoms with Crippen LogP contribution in [0, 0.1) is 29.1 Å². The van der Waals surface area contributed by atoms with Crippen molar-refractivity contribution < 1.29 is 41.3 Å². The molecule has 2 rings (SSSR count). The van der Waals surface area contributed by atoms with E-state index in [-0.39, 0.29) is 18.1 Å². The first-order valence-corrected chi connectivity index (χ1v) is 6.45. The molecule has 0 atom stereocenters. The van der Waals surface area contributed by atoms with Gasteiger partial charge in [0.1, 0.15) is 11.5 Å². The van der Waals surface area contributed by atoms with Crippen molar-refractivity contribution in [2.45, 2.75) is 6.42 Å². The van der Waals surface area contributed by atoms with Crippen LogP contribution >= 0.6 is 0 Å². The van der Waals surface area contributed by atoms with Crippen molar-refractivity contribution >= 4 is 5.97 Å². The van der Waals surface area contributed by atoms with Gasteiger partial charge in [0.25, 0.3) is 0 Å². The van der Waals surface area contributed by atoms with Gasteiger partial charge in [0, 0.05) is 0 Å². The van der Waals surface area contributed by atoms with Gasteiger partial charge >= 0.3 is 5.97 Å². The smallest absolute Gasteiger partial charge is 0.314 e. The maximum Gasteiger partial charge on any atom is 0.314 e. The zero-order chi connectivity index (χ0) is 17.9. The molecule has 0 spiro atoms. The number of esters is 1. The lowest BCUT2D eigenvalue weighted by Crippen LogP contribution is -2.16. The third-order valence-electron chi connectivity index (χ3n) is 2.80. The Kier molecular flexibility index (Phi) is 5.22. The summed E-state index contributed by atoms with van der Waals surface area (Å²) < 4.78 is 74.7. The van der Waals surface area contributed by atoms with Crippen molar-refractivity contribution in [2.75, 3.05) is 6.61 Å². The molecule has 128 valence electrons. The van der Waals surface area contributed by atoms with E-state index < -0.39 is 47.2 Å². The average molecular weight is 348 g/mol. The van der Waals surface area contributed by atoms with E-state index in [9.17, 15) is 26.7 Å². The molecule has 9 heteroatoms. The minimum Gasteiger partial charge on any atom is -0.508 e. The van der Waals surface area contributed by atoms with E-state index in [1.54, 1.807) is 0 Å². The predicted molar refractivity (Wildman–Crippen MR) is 70.1 cm³/mol. The van der Waals surface area contributed by atoms with Gasteiger partial charge in [-0.15, -0.1) is 0 Å². The zero-order valence-corrected chi connectivity index (χ0v) is 11.8. The number of halogens is 5. The van der Waals surface area contributed by atoms with Gasteiger partial charge in [-0.25, -0.2) is 13.2 Å². The van der Waals surface area contributed by atoms with Crippen LogP contribution in [0.15, 0.2) is 24.3 Å². The van der Waals surface area contributed by atoms with Gasteiger partial charge in [0.2, 0.25) is 34.8 Å². The minimum absolute atomic E-state index is 0.00641. The SMILES string of the molecule is O=C(CCOc1ccc(O)cc1)Oc1c(F)c(F)c(F)c(F)c1F. The highest BCUT2D eigenvalue weighted by molar-refractivity contribution is 5.72. The number of rotatable bonds is 5. The molecule has 0 saturated carbocycles. The topological polar surface area (TPSA) is 55.8 Å². The van der Waals surface area contributed by atoms with E-state index in [1.165, 1.54) is 24.3 Å². The molecule has 0 aliphatic carbocycles. The number of benzene rings is 2. The average Bonchev–Trinajstić information content (AvgIpc) is 2.57. The van der Waals surface area contributed by atoms with Crippen LogP contribution in [0.1, 0.15) is 6.42 Å². The lowest BCUT2D eigenvalue weighted by atomic mass is 10.2. The third kappa shape index (κ3) is 3.73. The number of carbonyl (C=O) groups excluding carboxylic acids is 1. The molecular weight excluding hydrogens is 339 g/mol. The summed E-state index contributed by atoms with van der Waals surface area (Å²) in [5.74, 6) is -13.9. The number of phenols is 1. The monoisotopic (exact) mass is 348 g/mol. The van der Waals surface area contributed by atoms with Gasteiger partial charge in [0.15, 0.2) is 0 Å². The van der Waals surface area contributed by atoms with Gasteiger partial charge in [-0.05, 0) is 24.3 Å². The van der Waals surface area contributed by atoms with Gasteiger partial charge < -0.3 is 14.6 Å². The van der Waals surface area contributed by atoms with E-state index in [0.29, 0.717) is 0 Å². The Morgan fingerprint density at radius 1 is 0.875 bits per heavy atom. The molecule has 0 radical (unpaired) electrons. The Morgan fingerprint density at radius 2 is 1.38 bits per heavy atom. The molecule has 0 aliphatic heterocycles. The van der Waals surface area contributed by atoms with Crippen LogP contribution in [0.5, 0.6) is 17.2 Å². The molecule has 0 bridgehead atoms. The third-order valence-corrected chi connectivity index (χ3v) is 2.80. The van der Waals surface area contributed by atoms with Crippen LogP contribution in [0.3, 0.4) is 0 Å². The molecule has 1 N–H and O–H groups in total.